The molecule has 0 aliphatic heterocycles. The molecule has 0 aliphatic carbocycles. The molecule has 2 aromatic carbocycles. The van der Waals surface area contributed by atoms with Gasteiger partial charge in [0.15, 0.2) is 0 Å². The zero-order valence-electron chi connectivity index (χ0n) is 9.09. The van der Waals surface area contributed by atoms with Crippen LogP contribution in [0.25, 0.3) is 0 Å². The Morgan fingerprint density at radius 1 is 1.17 bits per heavy atom. The molecular weight excluding hydrogens is 342 g/mol. The summed E-state index contributed by atoms with van der Waals surface area (Å²) >= 11 is 10.2. The predicted octanol–water partition coefficient (Wildman–Crippen LogP) is 5.67. The molecule has 94 valence electrons. The first-order chi connectivity index (χ1) is 8.58. The molecular formula is C13H8BrClF2S. The first kappa shape index (κ1) is 13.8. The molecule has 0 atom stereocenters. The molecule has 0 nitrogen and oxygen atoms in total. The summed E-state index contributed by atoms with van der Waals surface area (Å²) in [6.45, 7) is 0. The smallest absolute Gasteiger partial charge is 0.144 e. The van der Waals surface area contributed by atoms with Crippen LogP contribution < -0.4 is 0 Å². The molecule has 18 heavy (non-hydrogen) atoms. The Kier molecular flexibility index (Phi) is 4.65. The van der Waals surface area contributed by atoms with Crippen molar-refractivity contribution in [3.8, 4) is 0 Å². The van der Waals surface area contributed by atoms with Gasteiger partial charge >= 0.3 is 0 Å². The van der Waals surface area contributed by atoms with E-state index in [-0.39, 0.29) is 15.8 Å². The van der Waals surface area contributed by atoms with Crippen LogP contribution in [0.15, 0.2) is 45.8 Å². The van der Waals surface area contributed by atoms with E-state index in [1.54, 1.807) is 18.2 Å². The molecule has 0 aromatic heterocycles. The minimum Gasteiger partial charge on any atom is -0.207 e. The summed E-state index contributed by atoms with van der Waals surface area (Å²) in [6, 6.07) is 9.79. The highest BCUT2D eigenvalue weighted by Crippen LogP contribution is 2.29. The van der Waals surface area contributed by atoms with Gasteiger partial charge in [-0.2, -0.15) is 0 Å². The Morgan fingerprint density at radius 3 is 2.67 bits per heavy atom. The van der Waals surface area contributed by atoms with Crippen molar-refractivity contribution in [2.24, 2.45) is 0 Å². The molecule has 0 bridgehead atoms. The highest BCUT2D eigenvalue weighted by Gasteiger charge is 2.12. The van der Waals surface area contributed by atoms with E-state index in [2.05, 4.69) is 15.9 Å². The fraction of sp³-hybridized carbons (Fsp3) is 0.0769. The van der Waals surface area contributed by atoms with E-state index >= 15 is 0 Å². The van der Waals surface area contributed by atoms with E-state index < -0.39 is 11.6 Å². The molecule has 0 saturated carbocycles. The van der Waals surface area contributed by atoms with Gasteiger partial charge in [-0.25, -0.2) is 8.78 Å². The fourth-order valence-corrected chi connectivity index (χ4v) is 3.00. The second-order valence-electron chi connectivity index (χ2n) is 3.57. The number of thioether (sulfide) groups is 1. The predicted molar refractivity (Wildman–Crippen MR) is 75.1 cm³/mol. The number of rotatable bonds is 3. The van der Waals surface area contributed by atoms with Crippen LogP contribution in [0.5, 0.6) is 0 Å². The molecule has 0 heterocycles. The third-order valence-electron chi connectivity index (χ3n) is 2.32. The lowest BCUT2D eigenvalue weighted by atomic mass is 10.2. The molecule has 5 heteroatoms. The van der Waals surface area contributed by atoms with E-state index in [0.717, 1.165) is 4.90 Å². The first-order valence-corrected chi connectivity index (χ1v) is 7.24. The maximum atomic E-state index is 13.7. The van der Waals surface area contributed by atoms with Gasteiger partial charge in [0.1, 0.15) is 11.6 Å². The molecule has 0 unspecified atom stereocenters. The Bertz CT molecular complexity index is 575. The lowest BCUT2D eigenvalue weighted by molar-refractivity contribution is 0.562. The largest absolute Gasteiger partial charge is 0.207 e. The number of benzene rings is 2. The highest BCUT2D eigenvalue weighted by molar-refractivity contribution is 9.10. The molecule has 0 spiro atoms. The topological polar surface area (TPSA) is 0 Å². The number of hydrogen-bond acceptors (Lipinski definition) is 1. The Balaban J connectivity index is 2.18. The van der Waals surface area contributed by atoms with Crippen molar-refractivity contribution in [3.63, 3.8) is 0 Å². The van der Waals surface area contributed by atoms with Gasteiger partial charge in [-0.1, -0.05) is 17.7 Å². The zero-order chi connectivity index (χ0) is 13.1. The normalized spacial score (nSPS) is 10.7. The maximum absolute atomic E-state index is 13.7. The standard InChI is InChI=1S/C13H8BrClF2S/c14-11-4-5-12(16)10(13(11)17)7-18-9-3-1-2-8(15)6-9/h1-6H,7H2. The number of halogens is 4. The van der Waals surface area contributed by atoms with E-state index in [4.69, 9.17) is 11.6 Å². The molecule has 0 aliphatic rings. The van der Waals surface area contributed by atoms with Crippen molar-refractivity contribution in [2.75, 3.05) is 0 Å². The van der Waals surface area contributed by atoms with Gasteiger partial charge in [0.25, 0.3) is 0 Å². The SMILES string of the molecule is Fc1ccc(Br)c(F)c1CSc1cccc(Cl)c1. The van der Waals surface area contributed by atoms with Gasteiger partial charge in [0.05, 0.1) is 4.47 Å². The van der Waals surface area contributed by atoms with Gasteiger partial charge in [-0.15, -0.1) is 11.8 Å². The van der Waals surface area contributed by atoms with Crippen molar-refractivity contribution in [1.29, 1.82) is 0 Å². The zero-order valence-corrected chi connectivity index (χ0v) is 12.2. The van der Waals surface area contributed by atoms with Crippen LogP contribution in [0.2, 0.25) is 5.02 Å². The average Bonchev–Trinajstić information content (AvgIpc) is 2.34. The summed E-state index contributed by atoms with van der Waals surface area (Å²) in [5, 5.41) is 0.607. The summed E-state index contributed by atoms with van der Waals surface area (Å²) in [4.78, 5) is 0.876. The van der Waals surface area contributed by atoms with Gasteiger partial charge in [0, 0.05) is 21.2 Å². The fourth-order valence-electron chi connectivity index (χ4n) is 1.41. The van der Waals surface area contributed by atoms with Gasteiger partial charge in [-0.05, 0) is 46.3 Å². The number of hydrogen-bond donors (Lipinski definition) is 0. The summed E-state index contributed by atoms with van der Waals surface area (Å²) in [5.74, 6) is -0.868. The third-order valence-corrected chi connectivity index (χ3v) is 4.19. The lowest BCUT2D eigenvalue weighted by Gasteiger charge is -2.06. The van der Waals surface area contributed by atoms with Crippen LogP contribution in [-0.2, 0) is 5.75 Å². The molecule has 0 amide bonds. The second-order valence-corrected chi connectivity index (χ2v) is 5.91. The summed E-state index contributed by atoms with van der Waals surface area (Å²) < 4.78 is 27.5. The highest BCUT2D eigenvalue weighted by atomic mass is 79.9. The van der Waals surface area contributed by atoms with Gasteiger partial charge < -0.3 is 0 Å². The summed E-state index contributed by atoms with van der Waals surface area (Å²) in [7, 11) is 0. The van der Waals surface area contributed by atoms with Gasteiger partial charge in [-0.3, -0.25) is 0 Å². The average molecular weight is 350 g/mol. The van der Waals surface area contributed by atoms with Crippen molar-refractivity contribution < 1.29 is 8.78 Å². The van der Waals surface area contributed by atoms with Gasteiger partial charge in [0.2, 0.25) is 0 Å². The molecule has 2 rings (SSSR count). The van der Waals surface area contributed by atoms with Crippen LogP contribution in [-0.4, -0.2) is 0 Å². The van der Waals surface area contributed by atoms with Crippen molar-refractivity contribution >= 4 is 39.3 Å². The van der Waals surface area contributed by atoms with Crippen LogP contribution in [0, 0.1) is 11.6 Å². The molecule has 0 radical (unpaired) electrons. The van der Waals surface area contributed by atoms with E-state index in [1.165, 1.54) is 23.9 Å². The van der Waals surface area contributed by atoms with E-state index in [0.29, 0.717) is 5.02 Å². The third kappa shape index (κ3) is 3.25. The Hall–Kier alpha value is -0.580. The Labute approximate surface area is 121 Å². The van der Waals surface area contributed by atoms with Crippen LogP contribution in [0.1, 0.15) is 5.56 Å². The van der Waals surface area contributed by atoms with Crippen molar-refractivity contribution in [2.45, 2.75) is 10.6 Å². The lowest BCUT2D eigenvalue weighted by Crippen LogP contribution is -1.94. The minimum absolute atomic E-state index is 0.0642. The molecule has 0 saturated heterocycles. The van der Waals surface area contributed by atoms with Crippen LogP contribution >= 0.6 is 39.3 Å². The van der Waals surface area contributed by atoms with Crippen LogP contribution in [0.4, 0.5) is 8.78 Å². The quantitative estimate of drug-likeness (QED) is 0.508. The van der Waals surface area contributed by atoms with E-state index in [9.17, 15) is 8.78 Å². The van der Waals surface area contributed by atoms with Crippen LogP contribution in [0.3, 0.4) is 0 Å². The van der Waals surface area contributed by atoms with Crippen molar-refractivity contribution in [3.05, 3.63) is 63.1 Å². The minimum atomic E-state index is -0.551. The summed E-state index contributed by atoms with van der Waals surface area (Å²) in [5.41, 5.74) is 0.0642. The molecule has 2 aromatic rings. The van der Waals surface area contributed by atoms with E-state index in [1.807, 2.05) is 6.07 Å². The monoisotopic (exact) mass is 348 g/mol. The molecule has 0 N–H and O–H groups in total. The molecule has 0 fully saturated rings. The summed E-state index contributed by atoms with van der Waals surface area (Å²) in [6.07, 6.45) is 0. The Morgan fingerprint density at radius 2 is 1.94 bits per heavy atom. The maximum Gasteiger partial charge on any atom is 0.144 e. The second kappa shape index (κ2) is 6.04. The van der Waals surface area contributed by atoms with Crippen molar-refractivity contribution in [1.82, 2.24) is 0 Å². The first-order valence-electron chi connectivity index (χ1n) is 5.08.